The van der Waals surface area contributed by atoms with Gasteiger partial charge in [0.05, 0.1) is 0 Å². The molecule has 0 fully saturated rings. The molecule has 120 valence electrons. The molecule has 0 aromatic rings. The van der Waals surface area contributed by atoms with Gasteiger partial charge in [0.15, 0.2) is 0 Å². The van der Waals surface area contributed by atoms with Crippen LogP contribution in [0.3, 0.4) is 0 Å². The molecule has 0 aliphatic carbocycles. The van der Waals surface area contributed by atoms with E-state index in [-0.39, 0.29) is 36.0 Å². The van der Waals surface area contributed by atoms with Crippen LogP contribution in [0.2, 0.25) is 0 Å². The molecule has 0 aromatic heterocycles. The smallest absolute Gasteiger partial charge is 0.550 e. The Labute approximate surface area is 154 Å². The molecular weight excluding hydrogens is 271 g/mol. The second kappa shape index (κ2) is 18.5. The number of hydrogen-bond donors (Lipinski definition) is 0. The fourth-order valence-electron chi connectivity index (χ4n) is 2.59. The quantitative estimate of drug-likeness (QED) is 0.342. The van der Waals surface area contributed by atoms with Crippen molar-refractivity contribution < 1.29 is 39.5 Å². The number of carboxylic acid groups (broad SMARTS) is 1. The maximum atomic E-state index is 10.2. The standard InChI is InChI=1S/C18H36O2.Na/c1-17(2)15-13-11-9-7-5-3-4-6-8-10-12-14-16-18(19)20;/h17H,3-16H2,1-2H3,(H,19,20);/q;+1/p-1. The molecule has 0 aromatic carbocycles. The third kappa shape index (κ3) is 22.9. The Morgan fingerprint density at radius 1 is 0.714 bits per heavy atom. The van der Waals surface area contributed by atoms with Crippen LogP contribution >= 0.6 is 0 Å². The minimum atomic E-state index is -0.904. The van der Waals surface area contributed by atoms with Crippen LogP contribution in [0.4, 0.5) is 0 Å². The van der Waals surface area contributed by atoms with Gasteiger partial charge in [-0.3, -0.25) is 0 Å². The van der Waals surface area contributed by atoms with Crippen LogP contribution in [0.5, 0.6) is 0 Å². The molecular formula is C18H35NaO2. The molecule has 0 bridgehead atoms. The summed E-state index contributed by atoms with van der Waals surface area (Å²) in [7, 11) is 0. The number of hydrogen-bond acceptors (Lipinski definition) is 2. The van der Waals surface area contributed by atoms with Crippen molar-refractivity contribution in [1.82, 2.24) is 0 Å². The summed E-state index contributed by atoms with van der Waals surface area (Å²) in [4.78, 5) is 10.2. The Kier molecular flexibility index (Phi) is 20.9. The van der Waals surface area contributed by atoms with E-state index in [1.54, 1.807) is 0 Å². The van der Waals surface area contributed by atoms with Crippen LogP contribution in [0.25, 0.3) is 0 Å². The fourth-order valence-corrected chi connectivity index (χ4v) is 2.59. The van der Waals surface area contributed by atoms with Crippen molar-refractivity contribution in [3.63, 3.8) is 0 Å². The molecule has 2 nitrogen and oxygen atoms in total. The van der Waals surface area contributed by atoms with E-state index in [0.29, 0.717) is 0 Å². The predicted octanol–water partition coefficient (Wildman–Crippen LogP) is 1.86. The van der Waals surface area contributed by atoms with Crippen LogP contribution in [0.1, 0.15) is 104 Å². The molecule has 3 heteroatoms. The average Bonchev–Trinajstić information content (AvgIpc) is 2.38. The molecule has 0 radical (unpaired) electrons. The van der Waals surface area contributed by atoms with Gasteiger partial charge in [0.1, 0.15) is 0 Å². The molecule has 0 heterocycles. The van der Waals surface area contributed by atoms with Crippen molar-refractivity contribution >= 4 is 5.97 Å². The molecule has 0 amide bonds. The normalized spacial score (nSPS) is 10.6. The molecule has 0 aliphatic heterocycles. The monoisotopic (exact) mass is 306 g/mol. The molecule has 0 rings (SSSR count). The van der Waals surface area contributed by atoms with E-state index in [1.807, 2.05) is 0 Å². The van der Waals surface area contributed by atoms with E-state index >= 15 is 0 Å². The predicted molar refractivity (Wildman–Crippen MR) is 84.5 cm³/mol. The molecule has 0 N–H and O–H groups in total. The number of rotatable bonds is 15. The van der Waals surface area contributed by atoms with Crippen LogP contribution < -0.4 is 34.7 Å². The van der Waals surface area contributed by atoms with E-state index in [2.05, 4.69) is 13.8 Å². The van der Waals surface area contributed by atoms with Gasteiger partial charge in [-0.15, -0.1) is 0 Å². The van der Waals surface area contributed by atoms with E-state index < -0.39 is 5.97 Å². The third-order valence-corrected chi connectivity index (χ3v) is 3.91. The second-order valence-electron chi connectivity index (χ2n) is 6.55. The van der Waals surface area contributed by atoms with Crippen molar-refractivity contribution in [2.24, 2.45) is 5.92 Å². The molecule has 0 saturated carbocycles. The van der Waals surface area contributed by atoms with Crippen LogP contribution in [0.15, 0.2) is 0 Å². The third-order valence-electron chi connectivity index (χ3n) is 3.91. The maximum Gasteiger partial charge on any atom is 1.00 e. The first-order valence-electron chi connectivity index (χ1n) is 8.82. The van der Waals surface area contributed by atoms with Crippen molar-refractivity contribution in [2.75, 3.05) is 0 Å². The summed E-state index contributed by atoms with van der Waals surface area (Å²) < 4.78 is 0. The van der Waals surface area contributed by atoms with Crippen molar-refractivity contribution in [3.8, 4) is 0 Å². The summed E-state index contributed by atoms with van der Waals surface area (Å²) in [6.07, 6.45) is 17.0. The van der Waals surface area contributed by atoms with Crippen molar-refractivity contribution in [1.29, 1.82) is 0 Å². The number of aliphatic carboxylic acids is 1. The van der Waals surface area contributed by atoms with Crippen LogP contribution in [0, 0.1) is 5.92 Å². The van der Waals surface area contributed by atoms with Crippen molar-refractivity contribution in [2.45, 2.75) is 104 Å². The van der Waals surface area contributed by atoms with Gasteiger partial charge in [-0.25, -0.2) is 0 Å². The van der Waals surface area contributed by atoms with E-state index in [1.165, 1.54) is 70.6 Å². The van der Waals surface area contributed by atoms with Gasteiger partial charge in [0.25, 0.3) is 0 Å². The van der Waals surface area contributed by atoms with Gasteiger partial charge >= 0.3 is 29.6 Å². The van der Waals surface area contributed by atoms with Crippen LogP contribution in [-0.4, -0.2) is 5.97 Å². The number of carbonyl (C=O) groups is 1. The molecule has 21 heavy (non-hydrogen) atoms. The van der Waals surface area contributed by atoms with Gasteiger partial charge in [-0.2, -0.15) is 0 Å². The Bertz CT molecular complexity index is 217. The molecule has 0 saturated heterocycles. The summed E-state index contributed by atoms with van der Waals surface area (Å²) >= 11 is 0. The van der Waals surface area contributed by atoms with E-state index in [0.717, 1.165) is 18.8 Å². The van der Waals surface area contributed by atoms with Crippen molar-refractivity contribution in [3.05, 3.63) is 0 Å². The number of unbranched alkanes of at least 4 members (excludes halogenated alkanes) is 11. The van der Waals surface area contributed by atoms with Gasteiger partial charge in [0.2, 0.25) is 0 Å². The zero-order valence-corrected chi connectivity index (χ0v) is 16.8. The Balaban J connectivity index is 0. The Morgan fingerprint density at radius 3 is 1.38 bits per heavy atom. The minimum Gasteiger partial charge on any atom is -0.550 e. The minimum absolute atomic E-state index is 0. The topological polar surface area (TPSA) is 40.1 Å². The number of carbonyl (C=O) groups excluding carboxylic acids is 1. The summed E-state index contributed by atoms with van der Waals surface area (Å²) in [6.45, 7) is 4.61. The average molecular weight is 306 g/mol. The summed E-state index contributed by atoms with van der Waals surface area (Å²) in [6, 6.07) is 0. The van der Waals surface area contributed by atoms with E-state index in [4.69, 9.17) is 0 Å². The number of carboxylic acids is 1. The zero-order valence-electron chi connectivity index (χ0n) is 14.8. The summed E-state index contributed by atoms with van der Waals surface area (Å²) in [5, 5.41) is 10.2. The van der Waals surface area contributed by atoms with E-state index in [9.17, 15) is 9.90 Å². The summed E-state index contributed by atoms with van der Waals surface area (Å²) in [5.41, 5.74) is 0. The first-order valence-corrected chi connectivity index (χ1v) is 8.82. The first kappa shape index (κ1) is 23.7. The second-order valence-corrected chi connectivity index (χ2v) is 6.55. The van der Waals surface area contributed by atoms with Gasteiger partial charge in [0, 0.05) is 5.97 Å². The molecule has 0 aliphatic rings. The molecule has 0 atom stereocenters. The summed E-state index contributed by atoms with van der Waals surface area (Å²) in [5.74, 6) is -0.0415. The zero-order chi connectivity index (χ0) is 15.1. The Hall–Kier alpha value is 0.470. The van der Waals surface area contributed by atoms with Crippen LogP contribution in [-0.2, 0) is 4.79 Å². The maximum absolute atomic E-state index is 10.2. The SMILES string of the molecule is CC(C)CCCCCCCCCCCCCCC(=O)[O-].[Na+]. The first-order chi connectivity index (χ1) is 9.63. The fraction of sp³-hybridized carbons (Fsp3) is 0.944. The largest absolute Gasteiger partial charge is 1.00 e. The molecule has 0 unspecified atom stereocenters. The van der Waals surface area contributed by atoms with Gasteiger partial charge < -0.3 is 9.90 Å². The van der Waals surface area contributed by atoms with Gasteiger partial charge in [-0.1, -0.05) is 90.9 Å². The van der Waals surface area contributed by atoms with Gasteiger partial charge in [-0.05, 0) is 18.8 Å². The molecule has 0 spiro atoms. The Morgan fingerprint density at radius 2 is 1.05 bits per heavy atom.